The first-order valence-electron chi connectivity index (χ1n) is 2.42. The van der Waals surface area contributed by atoms with Crippen molar-refractivity contribution in [3.63, 3.8) is 0 Å². The predicted molar refractivity (Wildman–Crippen MR) is 31.4 cm³/mol. The highest BCUT2D eigenvalue weighted by Crippen LogP contribution is 2.19. The fourth-order valence-electron chi connectivity index (χ4n) is 0.447. The molecule has 0 saturated heterocycles. The third kappa shape index (κ3) is 1.47. The van der Waals surface area contributed by atoms with E-state index in [2.05, 4.69) is 16.6 Å². The van der Waals surface area contributed by atoms with E-state index >= 15 is 0 Å². The molecule has 1 aliphatic heterocycles. The van der Waals surface area contributed by atoms with Crippen molar-refractivity contribution in [1.82, 2.24) is 0 Å². The van der Waals surface area contributed by atoms with Gasteiger partial charge in [-0.15, -0.1) is 4.52 Å². The van der Waals surface area contributed by atoms with Crippen LogP contribution in [-0.4, -0.2) is 11.8 Å². The Morgan fingerprint density at radius 3 is 2.86 bits per heavy atom. The average molecular weight is 116 g/mol. The molecule has 1 heterocycles. The van der Waals surface area contributed by atoms with Crippen LogP contribution < -0.4 is 0 Å². The molecule has 7 heavy (non-hydrogen) atoms. The van der Waals surface area contributed by atoms with E-state index in [4.69, 9.17) is 0 Å². The lowest BCUT2D eigenvalue weighted by molar-refractivity contribution is 0.779. The van der Waals surface area contributed by atoms with Gasteiger partial charge in [-0.25, -0.2) is 0 Å². The zero-order valence-electron chi connectivity index (χ0n) is 4.29. The Balaban J connectivity index is 2.32. The molecule has 0 fully saturated rings. The molecule has 1 atom stereocenters. The molecule has 3 heteroatoms. The van der Waals surface area contributed by atoms with Crippen molar-refractivity contribution in [2.24, 2.45) is 9.63 Å². The van der Waals surface area contributed by atoms with E-state index in [1.54, 1.807) is 11.9 Å². The zero-order valence-corrected chi connectivity index (χ0v) is 5.11. The first-order valence-corrected chi connectivity index (χ1v) is 3.26. The highest BCUT2D eigenvalue weighted by Gasteiger charge is 2.03. The van der Waals surface area contributed by atoms with Gasteiger partial charge in [-0.05, 0) is 6.42 Å². The van der Waals surface area contributed by atoms with Gasteiger partial charge < -0.3 is 0 Å². The van der Waals surface area contributed by atoms with E-state index in [1.165, 1.54) is 6.42 Å². The van der Waals surface area contributed by atoms with Crippen LogP contribution in [-0.2, 0) is 0 Å². The van der Waals surface area contributed by atoms with Crippen molar-refractivity contribution in [3.8, 4) is 0 Å². The summed E-state index contributed by atoms with van der Waals surface area (Å²) >= 11 is 1.58. The molecule has 0 aromatic rings. The van der Waals surface area contributed by atoms with E-state index < -0.39 is 0 Å². The molecule has 0 amide bonds. The van der Waals surface area contributed by atoms with Crippen LogP contribution in [0, 0.1) is 0 Å². The molecule has 1 rings (SSSR count). The molecule has 0 radical (unpaired) electrons. The van der Waals surface area contributed by atoms with Gasteiger partial charge in [-0.2, -0.15) is 5.11 Å². The molecule has 0 aromatic carbocycles. The van der Waals surface area contributed by atoms with E-state index in [0.29, 0.717) is 5.25 Å². The van der Waals surface area contributed by atoms with Gasteiger partial charge in [-0.3, -0.25) is 0 Å². The topological polar surface area (TPSA) is 24.7 Å². The van der Waals surface area contributed by atoms with Crippen LogP contribution in [0.25, 0.3) is 0 Å². The minimum atomic E-state index is 0.692. The lowest BCUT2D eigenvalue weighted by Crippen LogP contribution is -1.99. The number of nitrogens with zero attached hydrogens (tertiary/aromatic N) is 2. The normalized spacial score (nSPS) is 30.7. The summed E-state index contributed by atoms with van der Waals surface area (Å²) in [6.07, 6.45) is 1.19. The lowest BCUT2D eigenvalue weighted by atomic mass is 10.3. The predicted octanol–water partition coefficient (Wildman–Crippen LogP) is 1.88. The maximum Gasteiger partial charge on any atom is 0.0620 e. The minimum absolute atomic E-state index is 0.692. The second kappa shape index (κ2) is 2.31. The first-order chi connectivity index (χ1) is 3.39. The largest absolute Gasteiger partial charge is 0.182 e. The number of rotatable bonds is 0. The molecular weight excluding hydrogens is 108 g/mol. The Morgan fingerprint density at radius 1 is 1.71 bits per heavy atom. The van der Waals surface area contributed by atoms with Crippen LogP contribution in [0.1, 0.15) is 13.3 Å². The number of hydrogen-bond donors (Lipinski definition) is 0. The quantitative estimate of drug-likeness (QED) is 0.443. The highest BCUT2D eigenvalue weighted by molar-refractivity contribution is 7.98. The summed E-state index contributed by atoms with van der Waals surface area (Å²) in [5.41, 5.74) is 0. The molecule has 2 nitrogen and oxygen atoms in total. The molecule has 0 saturated carbocycles. The van der Waals surface area contributed by atoms with Crippen molar-refractivity contribution >= 4 is 11.9 Å². The van der Waals surface area contributed by atoms with Crippen LogP contribution in [0.2, 0.25) is 0 Å². The van der Waals surface area contributed by atoms with Crippen LogP contribution in [0.15, 0.2) is 9.63 Å². The SMILES string of the molecule is CC1CCN=NS1. The van der Waals surface area contributed by atoms with Crippen LogP contribution in [0.3, 0.4) is 0 Å². The molecule has 1 unspecified atom stereocenters. The molecule has 0 aromatic heterocycles. The van der Waals surface area contributed by atoms with Crippen molar-refractivity contribution in [2.75, 3.05) is 6.54 Å². The monoisotopic (exact) mass is 116 g/mol. The summed E-state index contributed by atoms with van der Waals surface area (Å²) in [5, 5.41) is 4.51. The summed E-state index contributed by atoms with van der Waals surface area (Å²) in [7, 11) is 0. The third-order valence-electron chi connectivity index (χ3n) is 0.920. The van der Waals surface area contributed by atoms with Crippen molar-refractivity contribution < 1.29 is 0 Å². The van der Waals surface area contributed by atoms with Crippen LogP contribution in [0.5, 0.6) is 0 Å². The molecule has 0 bridgehead atoms. The Morgan fingerprint density at radius 2 is 2.57 bits per heavy atom. The smallest absolute Gasteiger partial charge is 0.0620 e. The van der Waals surface area contributed by atoms with Gasteiger partial charge in [0, 0.05) is 17.2 Å². The Bertz CT molecular complexity index is 81.8. The fraction of sp³-hybridized carbons (Fsp3) is 1.00. The van der Waals surface area contributed by atoms with Gasteiger partial charge >= 0.3 is 0 Å². The van der Waals surface area contributed by atoms with Crippen molar-refractivity contribution in [2.45, 2.75) is 18.6 Å². The molecule has 40 valence electrons. The Kier molecular flexibility index (Phi) is 1.68. The van der Waals surface area contributed by atoms with Gasteiger partial charge in [0.1, 0.15) is 0 Å². The summed E-state index contributed by atoms with van der Waals surface area (Å²) in [6.45, 7) is 3.09. The van der Waals surface area contributed by atoms with Crippen LogP contribution in [0.4, 0.5) is 0 Å². The first kappa shape index (κ1) is 5.09. The number of hydrogen-bond acceptors (Lipinski definition) is 3. The lowest BCUT2D eigenvalue weighted by Gasteiger charge is -2.06. The maximum absolute atomic E-state index is 3.82. The maximum atomic E-state index is 3.82. The third-order valence-corrected chi connectivity index (χ3v) is 1.73. The zero-order chi connectivity index (χ0) is 5.11. The van der Waals surface area contributed by atoms with Gasteiger partial charge in [0.2, 0.25) is 0 Å². The second-order valence-electron chi connectivity index (χ2n) is 1.65. The second-order valence-corrected chi connectivity index (χ2v) is 2.83. The van der Waals surface area contributed by atoms with E-state index in [9.17, 15) is 0 Å². The Labute approximate surface area is 47.5 Å². The summed E-state index contributed by atoms with van der Waals surface area (Å²) < 4.78 is 3.80. The molecule has 0 N–H and O–H groups in total. The molecule has 1 aliphatic rings. The minimum Gasteiger partial charge on any atom is -0.182 e. The van der Waals surface area contributed by atoms with Gasteiger partial charge in [-0.1, -0.05) is 6.92 Å². The summed E-state index contributed by atoms with van der Waals surface area (Å²) in [5.74, 6) is 0. The van der Waals surface area contributed by atoms with Crippen LogP contribution >= 0.6 is 11.9 Å². The summed E-state index contributed by atoms with van der Waals surface area (Å²) in [6, 6.07) is 0. The van der Waals surface area contributed by atoms with Gasteiger partial charge in [0.15, 0.2) is 0 Å². The molecule has 0 aliphatic carbocycles. The Hall–Kier alpha value is -0.0500. The fourth-order valence-corrected chi connectivity index (χ4v) is 0.967. The standard InChI is InChI=1S/C4H8N2S/c1-4-2-3-5-6-7-4/h4H,2-3H2,1H3. The van der Waals surface area contributed by atoms with Gasteiger partial charge in [0.25, 0.3) is 0 Å². The highest BCUT2D eigenvalue weighted by atomic mass is 32.2. The van der Waals surface area contributed by atoms with Crippen molar-refractivity contribution in [1.29, 1.82) is 0 Å². The summed E-state index contributed by atoms with van der Waals surface area (Å²) in [4.78, 5) is 0. The average Bonchev–Trinajstić information content (AvgIpc) is 1.69. The van der Waals surface area contributed by atoms with E-state index in [-0.39, 0.29) is 0 Å². The van der Waals surface area contributed by atoms with Gasteiger partial charge in [0.05, 0.1) is 6.54 Å². The van der Waals surface area contributed by atoms with E-state index in [0.717, 1.165) is 6.54 Å². The van der Waals surface area contributed by atoms with Crippen molar-refractivity contribution in [3.05, 3.63) is 0 Å². The van der Waals surface area contributed by atoms with E-state index in [1.807, 2.05) is 0 Å². The molecule has 0 spiro atoms. The molecular formula is C4H8N2S.